The van der Waals surface area contributed by atoms with Crippen LogP contribution in [0.2, 0.25) is 0 Å². The summed E-state index contributed by atoms with van der Waals surface area (Å²) in [5.41, 5.74) is 5.69. The lowest BCUT2D eigenvalue weighted by molar-refractivity contribution is -0.146. The molecule has 1 spiro atoms. The highest BCUT2D eigenvalue weighted by Crippen LogP contribution is 2.41. The topological polar surface area (TPSA) is 61.6 Å². The minimum Gasteiger partial charge on any atom is -0.381 e. The zero-order chi connectivity index (χ0) is 14.1. The average Bonchev–Trinajstić information content (AvgIpc) is 2.48. The monoisotopic (exact) mass is 299 g/mol. The molecule has 0 amide bonds. The van der Waals surface area contributed by atoms with Crippen LogP contribution < -0.4 is 5.73 Å². The first-order valence-electron chi connectivity index (χ1n) is 7.76. The van der Waals surface area contributed by atoms with Crippen molar-refractivity contribution < 1.29 is 14.3 Å². The fourth-order valence-corrected chi connectivity index (χ4v) is 4.97. The summed E-state index contributed by atoms with van der Waals surface area (Å²) in [7, 11) is 0. The molecule has 3 rings (SSSR count). The molecule has 0 aliphatic carbocycles. The molecule has 3 saturated heterocycles. The minimum atomic E-state index is -0.648. The van der Waals surface area contributed by atoms with Crippen LogP contribution in [-0.2, 0) is 14.3 Å². The molecular weight excluding hydrogens is 274 g/mol. The Kier molecular flexibility index (Phi) is 4.41. The van der Waals surface area contributed by atoms with Gasteiger partial charge in [-0.3, -0.25) is 4.79 Å². The standard InChI is InChI=1S/C15H25NO3S/c16-15(2-7-18-8-3-15)13(17)12-1-6-19-14(11-12)4-9-20-10-5-14/h12H,1-11,16H2. The largest absolute Gasteiger partial charge is 0.381 e. The number of rotatable bonds is 2. The number of ketones is 1. The third-order valence-corrected chi connectivity index (χ3v) is 6.13. The maximum Gasteiger partial charge on any atom is 0.156 e. The van der Waals surface area contributed by atoms with Crippen LogP contribution in [0.15, 0.2) is 0 Å². The van der Waals surface area contributed by atoms with Crippen molar-refractivity contribution in [3.63, 3.8) is 0 Å². The fraction of sp³-hybridized carbons (Fsp3) is 0.933. The Bertz CT molecular complexity index is 357. The number of carbonyl (C=O) groups excluding carboxylic acids is 1. The van der Waals surface area contributed by atoms with E-state index in [0.717, 1.165) is 37.2 Å². The molecule has 3 aliphatic rings. The molecule has 2 N–H and O–H groups in total. The van der Waals surface area contributed by atoms with Gasteiger partial charge < -0.3 is 15.2 Å². The molecule has 3 heterocycles. The zero-order valence-corrected chi connectivity index (χ0v) is 12.9. The van der Waals surface area contributed by atoms with E-state index in [0.29, 0.717) is 32.7 Å². The third-order valence-electron chi connectivity index (χ3n) is 5.14. The predicted octanol–water partition coefficient (Wildman–Crippen LogP) is 1.76. The van der Waals surface area contributed by atoms with Crippen LogP contribution in [-0.4, -0.2) is 48.2 Å². The van der Waals surface area contributed by atoms with E-state index < -0.39 is 5.54 Å². The van der Waals surface area contributed by atoms with Crippen molar-refractivity contribution in [1.82, 2.24) is 0 Å². The lowest BCUT2D eigenvalue weighted by Gasteiger charge is -2.45. The van der Waals surface area contributed by atoms with E-state index in [1.165, 1.54) is 0 Å². The van der Waals surface area contributed by atoms with Crippen molar-refractivity contribution in [2.24, 2.45) is 11.7 Å². The molecule has 1 unspecified atom stereocenters. The van der Waals surface area contributed by atoms with Gasteiger partial charge in [-0.25, -0.2) is 0 Å². The summed E-state index contributed by atoms with van der Waals surface area (Å²) in [6, 6.07) is 0. The average molecular weight is 299 g/mol. The lowest BCUT2D eigenvalue weighted by atomic mass is 9.73. The predicted molar refractivity (Wildman–Crippen MR) is 79.9 cm³/mol. The normalized spacial score (nSPS) is 33.0. The van der Waals surface area contributed by atoms with Crippen molar-refractivity contribution in [3.8, 4) is 0 Å². The molecule has 0 bridgehead atoms. The van der Waals surface area contributed by atoms with Crippen molar-refractivity contribution in [2.75, 3.05) is 31.3 Å². The van der Waals surface area contributed by atoms with Crippen molar-refractivity contribution in [3.05, 3.63) is 0 Å². The van der Waals surface area contributed by atoms with Gasteiger partial charge in [0.25, 0.3) is 0 Å². The SMILES string of the molecule is NC1(C(=O)C2CCOC3(CCSCC3)C2)CCOCC1. The van der Waals surface area contributed by atoms with Crippen LogP contribution in [0.5, 0.6) is 0 Å². The second kappa shape index (κ2) is 5.95. The summed E-state index contributed by atoms with van der Waals surface area (Å²) in [6.45, 7) is 1.95. The second-order valence-electron chi connectivity index (χ2n) is 6.47. The summed E-state index contributed by atoms with van der Waals surface area (Å²) in [5, 5.41) is 0. The van der Waals surface area contributed by atoms with Gasteiger partial charge in [0, 0.05) is 25.7 Å². The molecule has 20 heavy (non-hydrogen) atoms. The summed E-state index contributed by atoms with van der Waals surface area (Å²) in [5.74, 6) is 2.67. The Morgan fingerprint density at radius 3 is 2.50 bits per heavy atom. The number of carbonyl (C=O) groups is 1. The van der Waals surface area contributed by atoms with Crippen LogP contribution in [0, 0.1) is 5.92 Å². The highest BCUT2D eigenvalue weighted by molar-refractivity contribution is 7.99. The summed E-state index contributed by atoms with van der Waals surface area (Å²) >= 11 is 1.99. The number of hydrogen-bond donors (Lipinski definition) is 1. The molecule has 5 heteroatoms. The molecule has 0 aromatic carbocycles. The number of thioether (sulfide) groups is 1. The van der Waals surface area contributed by atoms with E-state index >= 15 is 0 Å². The molecule has 0 aromatic heterocycles. The van der Waals surface area contributed by atoms with Crippen LogP contribution in [0.3, 0.4) is 0 Å². The minimum absolute atomic E-state index is 0.0364. The van der Waals surface area contributed by atoms with Gasteiger partial charge >= 0.3 is 0 Å². The van der Waals surface area contributed by atoms with Crippen molar-refractivity contribution in [1.29, 1.82) is 0 Å². The summed E-state index contributed by atoms with van der Waals surface area (Å²) in [4.78, 5) is 12.9. The van der Waals surface area contributed by atoms with Crippen LogP contribution in [0.25, 0.3) is 0 Å². The molecule has 4 nitrogen and oxygen atoms in total. The summed E-state index contributed by atoms with van der Waals surface area (Å²) in [6.07, 6.45) is 5.24. The highest BCUT2D eigenvalue weighted by atomic mass is 32.2. The Hall–Kier alpha value is -0.100. The number of nitrogens with two attached hydrogens (primary N) is 1. The molecule has 3 aliphatic heterocycles. The van der Waals surface area contributed by atoms with Gasteiger partial charge in [0.1, 0.15) is 0 Å². The highest BCUT2D eigenvalue weighted by Gasteiger charge is 2.46. The van der Waals surface area contributed by atoms with Gasteiger partial charge in [-0.1, -0.05) is 0 Å². The van der Waals surface area contributed by atoms with E-state index in [1.807, 2.05) is 11.8 Å². The van der Waals surface area contributed by atoms with Crippen LogP contribution in [0.1, 0.15) is 38.5 Å². The van der Waals surface area contributed by atoms with E-state index in [9.17, 15) is 4.79 Å². The first-order chi connectivity index (χ1) is 9.64. The van der Waals surface area contributed by atoms with E-state index in [2.05, 4.69) is 0 Å². The Labute approximate surface area is 125 Å². The first-order valence-corrected chi connectivity index (χ1v) is 8.92. The van der Waals surface area contributed by atoms with Crippen molar-refractivity contribution in [2.45, 2.75) is 49.7 Å². The molecule has 0 aromatic rings. The van der Waals surface area contributed by atoms with E-state index in [4.69, 9.17) is 15.2 Å². The Balaban J connectivity index is 1.68. The van der Waals surface area contributed by atoms with Gasteiger partial charge in [0.05, 0.1) is 11.1 Å². The molecule has 3 fully saturated rings. The maximum atomic E-state index is 12.9. The molecule has 0 saturated carbocycles. The quantitative estimate of drug-likeness (QED) is 0.842. The fourth-order valence-electron chi connectivity index (χ4n) is 3.73. The second-order valence-corrected chi connectivity index (χ2v) is 7.69. The lowest BCUT2D eigenvalue weighted by Crippen LogP contribution is -2.56. The maximum absolute atomic E-state index is 12.9. The van der Waals surface area contributed by atoms with Gasteiger partial charge in [-0.05, 0) is 50.0 Å². The first kappa shape index (κ1) is 14.8. The van der Waals surface area contributed by atoms with Crippen LogP contribution in [0.4, 0.5) is 0 Å². The summed E-state index contributed by atoms with van der Waals surface area (Å²) < 4.78 is 11.4. The van der Waals surface area contributed by atoms with Gasteiger partial charge in [-0.2, -0.15) is 11.8 Å². The molecule has 114 valence electrons. The van der Waals surface area contributed by atoms with Gasteiger partial charge in [0.15, 0.2) is 5.78 Å². The Morgan fingerprint density at radius 2 is 1.80 bits per heavy atom. The molecular formula is C15H25NO3S. The zero-order valence-electron chi connectivity index (χ0n) is 12.1. The Morgan fingerprint density at radius 1 is 1.10 bits per heavy atom. The van der Waals surface area contributed by atoms with E-state index in [1.54, 1.807) is 0 Å². The van der Waals surface area contributed by atoms with Gasteiger partial charge in [-0.15, -0.1) is 0 Å². The van der Waals surface area contributed by atoms with Crippen LogP contribution >= 0.6 is 11.8 Å². The number of ether oxygens (including phenoxy) is 2. The smallest absolute Gasteiger partial charge is 0.156 e. The molecule has 1 atom stereocenters. The number of Topliss-reactive ketones (excluding diaryl/α,β-unsaturated/α-hetero) is 1. The van der Waals surface area contributed by atoms with Gasteiger partial charge in [0.2, 0.25) is 0 Å². The third kappa shape index (κ3) is 2.91. The van der Waals surface area contributed by atoms with Crippen molar-refractivity contribution >= 4 is 17.5 Å². The number of hydrogen-bond acceptors (Lipinski definition) is 5. The van der Waals surface area contributed by atoms with E-state index in [-0.39, 0.29) is 17.3 Å². The molecule has 0 radical (unpaired) electrons.